The Morgan fingerprint density at radius 1 is 0.738 bits per heavy atom. The molecule has 9 rings (SSSR count). The lowest BCUT2D eigenvalue weighted by molar-refractivity contribution is -0.137. The molecule has 0 saturated carbocycles. The number of carbonyl (C=O) groups excluding carboxylic acids is 8. The number of hydrogen-bond donors (Lipinski definition) is 5. The number of aromatic nitrogens is 1. The van der Waals surface area contributed by atoms with Gasteiger partial charge in [-0.25, -0.2) is 14.5 Å². The van der Waals surface area contributed by atoms with Gasteiger partial charge in [-0.1, -0.05) is 50.3 Å². The lowest BCUT2D eigenvalue weighted by atomic mass is 10.0. The smallest absolute Gasteiger partial charge is 0.416 e. The molecule has 3 aromatic carbocycles. The van der Waals surface area contributed by atoms with Crippen LogP contribution in [0, 0.1) is 5.92 Å². The van der Waals surface area contributed by atoms with Crippen molar-refractivity contribution < 1.29 is 77.0 Å². The van der Waals surface area contributed by atoms with E-state index in [1.807, 2.05) is 0 Å². The van der Waals surface area contributed by atoms with Gasteiger partial charge in [0, 0.05) is 62.2 Å². The Balaban J connectivity index is 0.864. The number of nitrogens with one attached hydrogen (secondary N) is 3. The number of amides is 8. The Labute approximate surface area is 481 Å². The van der Waals surface area contributed by atoms with Gasteiger partial charge in [-0.3, -0.25) is 48.4 Å². The van der Waals surface area contributed by atoms with Crippen molar-refractivity contribution in [2.24, 2.45) is 10.9 Å². The number of anilines is 2. The third kappa shape index (κ3) is 12.6. The predicted octanol–water partition coefficient (Wildman–Crippen LogP) is 4.59. The van der Waals surface area contributed by atoms with Gasteiger partial charge in [-0.05, 0) is 67.6 Å². The van der Waals surface area contributed by atoms with Crippen LogP contribution >= 0.6 is 0 Å². The number of fused-ring (bicyclic) bond motifs is 4. The van der Waals surface area contributed by atoms with E-state index >= 15 is 0 Å². The molecule has 0 bridgehead atoms. The fourth-order valence-electron chi connectivity index (χ4n) is 10.2. The molecule has 0 unspecified atom stereocenters. The van der Waals surface area contributed by atoms with Gasteiger partial charge in [0.15, 0.2) is 29.2 Å². The van der Waals surface area contributed by atoms with Crippen LogP contribution in [0.15, 0.2) is 102 Å². The molecule has 5 atom stereocenters. The molecule has 2 fully saturated rings. The topological polar surface area (TPSA) is 315 Å². The van der Waals surface area contributed by atoms with Crippen LogP contribution in [0.25, 0.3) is 0 Å². The minimum absolute atomic E-state index is 0.0193. The second-order valence-corrected chi connectivity index (χ2v) is 20.9. The zero-order valence-corrected chi connectivity index (χ0v) is 46.5. The summed E-state index contributed by atoms with van der Waals surface area (Å²) >= 11 is 0. The summed E-state index contributed by atoms with van der Waals surface area (Å²) in [6.45, 7) is 12.3. The zero-order valence-electron chi connectivity index (χ0n) is 46.5. The number of carboxylic acid groups (broad SMARTS) is 1. The van der Waals surface area contributed by atoms with Crippen LogP contribution in [0.2, 0.25) is 0 Å². The molecular weight excluding hydrogens is 1090 g/mol. The van der Waals surface area contributed by atoms with Crippen LogP contribution in [-0.4, -0.2) is 154 Å². The van der Waals surface area contributed by atoms with Gasteiger partial charge >= 0.3 is 12.1 Å². The fraction of sp³-hybridized carbons (Fsp3) is 0.339. The molecule has 0 spiro atoms. The van der Waals surface area contributed by atoms with E-state index in [9.17, 15) is 53.4 Å². The van der Waals surface area contributed by atoms with Crippen molar-refractivity contribution in [3.8, 4) is 23.0 Å². The van der Waals surface area contributed by atoms with Gasteiger partial charge in [0.05, 0.1) is 65.8 Å². The highest BCUT2D eigenvalue weighted by molar-refractivity contribution is 6.13. The number of benzene rings is 3. The molecule has 5 aliphatic rings. The molecule has 25 heteroatoms. The standard InChI is InChI=1S/C59H61N9O16/c1-30(2)52(64-49(69)14-15-65-50(70)12-13-51(65)71)54(73)61-33(5)53(72)63-36-10-8-34(9-11-36)27-84-59(79)68-43-23-48(46(81-7)21-41(43)56(75)67-26-32(4)17-44(67)57(68)76)83-29-38-19-35(58(77)78)18-37(62-38)28-82-47-22-42-40(20-45(47)80-6)55(74)66-25-31(3)16-39(66)24-60-42/h8-13,18-24,30,33,39,44,52,57,76H,3-4,14-17,25-29H2,1-2,5-7H3,(H,61,73)(H,63,72)(H,64,69)(H,77,78)/t33-,39-,44-,52-,57-/m0/s1. The number of rotatable bonds is 20. The first-order valence-electron chi connectivity index (χ1n) is 26.7. The van der Waals surface area contributed by atoms with Gasteiger partial charge < -0.3 is 59.6 Å². The number of imide groups is 1. The number of hydrogen-bond acceptors (Lipinski definition) is 17. The number of aliphatic hydroxyl groups excluding tert-OH is 1. The number of carboxylic acids is 1. The molecule has 438 valence electrons. The third-order valence-electron chi connectivity index (χ3n) is 14.6. The summed E-state index contributed by atoms with van der Waals surface area (Å²) in [5.74, 6) is -4.82. The minimum Gasteiger partial charge on any atom is -0.493 e. The molecule has 0 aliphatic carbocycles. The summed E-state index contributed by atoms with van der Waals surface area (Å²) in [5.41, 5.74) is 3.07. The Morgan fingerprint density at radius 3 is 1.98 bits per heavy atom. The van der Waals surface area contributed by atoms with Crippen LogP contribution in [-0.2, 0) is 48.5 Å². The van der Waals surface area contributed by atoms with Gasteiger partial charge in [-0.15, -0.1) is 0 Å². The Hall–Kier alpha value is -9.91. The second kappa shape index (κ2) is 24.7. The SMILES string of the molecule is C=C1C[C@H]2C=Nc3cc(OCc4cc(C(=O)O)cc(COc5cc6c(cc5OC)C(=O)N5CC(=C)C[C@H]5[C@H](O)N6C(=O)OCc5ccc(NC(=O)[C@H](C)NC(=O)[C@@H](NC(=O)CCN6C(=O)C=CC6=O)C(C)C)cc5)n4)c(OC)cc3C(=O)N2C1. The summed E-state index contributed by atoms with van der Waals surface area (Å²) in [4.78, 5) is 132. The Kier molecular flexibility index (Phi) is 17.2. The average molecular weight is 1150 g/mol. The van der Waals surface area contributed by atoms with Crippen molar-refractivity contribution in [3.63, 3.8) is 0 Å². The van der Waals surface area contributed by atoms with Crippen molar-refractivity contribution in [1.82, 2.24) is 30.3 Å². The summed E-state index contributed by atoms with van der Waals surface area (Å²) in [6.07, 6.45) is 1.75. The number of ether oxygens (including phenoxy) is 5. The van der Waals surface area contributed by atoms with Crippen molar-refractivity contribution in [2.75, 3.05) is 44.1 Å². The number of carbonyl (C=O) groups is 9. The van der Waals surface area contributed by atoms with Crippen molar-refractivity contribution in [2.45, 2.75) is 90.2 Å². The van der Waals surface area contributed by atoms with Crippen LogP contribution in [0.3, 0.4) is 0 Å². The quantitative estimate of drug-likeness (QED) is 0.0597. The summed E-state index contributed by atoms with van der Waals surface area (Å²) in [5, 5.41) is 30.0. The molecule has 4 aromatic rings. The van der Waals surface area contributed by atoms with E-state index in [-0.39, 0.29) is 109 Å². The molecule has 6 heterocycles. The Morgan fingerprint density at radius 2 is 1.35 bits per heavy atom. The molecule has 25 nitrogen and oxygen atoms in total. The largest absolute Gasteiger partial charge is 0.493 e. The van der Waals surface area contributed by atoms with Gasteiger partial charge in [0.2, 0.25) is 17.7 Å². The number of pyridine rings is 1. The maximum Gasteiger partial charge on any atom is 0.416 e. The van der Waals surface area contributed by atoms with E-state index in [0.717, 1.165) is 27.5 Å². The Bertz CT molecular complexity index is 3450. The molecular formula is C59H61N9O16. The van der Waals surface area contributed by atoms with Gasteiger partial charge in [0.25, 0.3) is 23.6 Å². The number of aliphatic hydroxyl groups is 1. The highest BCUT2D eigenvalue weighted by Crippen LogP contribution is 2.43. The maximum absolute atomic E-state index is 14.3. The molecule has 2 saturated heterocycles. The fourth-order valence-corrected chi connectivity index (χ4v) is 10.2. The van der Waals surface area contributed by atoms with E-state index in [1.165, 1.54) is 62.4 Å². The lowest BCUT2D eigenvalue weighted by Crippen LogP contribution is -2.54. The van der Waals surface area contributed by atoms with E-state index in [0.29, 0.717) is 41.0 Å². The van der Waals surface area contributed by atoms with Crippen LogP contribution in [0.5, 0.6) is 23.0 Å². The molecule has 1 aromatic heterocycles. The third-order valence-corrected chi connectivity index (χ3v) is 14.6. The average Bonchev–Trinajstić information content (AvgIpc) is 1.91. The first-order chi connectivity index (χ1) is 40.1. The maximum atomic E-state index is 14.3. The first kappa shape index (κ1) is 58.7. The van der Waals surface area contributed by atoms with Crippen LogP contribution in [0.1, 0.15) is 88.1 Å². The normalized spacial score (nSPS) is 18.5. The molecule has 5 N–H and O–H groups in total. The monoisotopic (exact) mass is 1150 g/mol. The van der Waals surface area contributed by atoms with E-state index in [4.69, 9.17) is 23.7 Å². The summed E-state index contributed by atoms with van der Waals surface area (Å²) in [7, 11) is 2.76. The summed E-state index contributed by atoms with van der Waals surface area (Å²) < 4.78 is 29.4. The molecule has 8 amide bonds. The summed E-state index contributed by atoms with van der Waals surface area (Å²) in [6, 6.07) is 11.4. The lowest BCUT2D eigenvalue weighted by Gasteiger charge is -2.31. The molecule has 0 radical (unpaired) electrons. The molecule has 5 aliphatic heterocycles. The van der Waals surface area contributed by atoms with E-state index in [1.54, 1.807) is 49.2 Å². The zero-order chi connectivity index (χ0) is 60.3. The predicted molar refractivity (Wildman–Crippen MR) is 300 cm³/mol. The molecule has 84 heavy (non-hydrogen) atoms. The van der Waals surface area contributed by atoms with Crippen molar-refractivity contribution >= 4 is 76.7 Å². The first-order valence-corrected chi connectivity index (χ1v) is 26.7. The van der Waals surface area contributed by atoms with E-state index < -0.39 is 77.8 Å². The number of aromatic carboxylic acids is 1. The number of nitrogens with zero attached hydrogens (tertiary/aromatic N) is 6. The van der Waals surface area contributed by atoms with Crippen molar-refractivity contribution in [3.05, 3.63) is 131 Å². The van der Waals surface area contributed by atoms with Crippen molar-refractivity contribution in [1.29, 1.82) is 0 Å². The van der Waals surface area contributed by atoms with Gasteiger partial charge in [0.1, 0.15) is 31.9 Å². The highest BCUT2D eigenvalue weighted by atomic mass is 16.6. The van der Waals surface area contributed by atoms with Crippen LogP contribution in [0.4, 0.5) is 21.9 Å². The number of aliphatic imine (C=N–C) groups is 1. The van der Waals surface area contributed by atoms with Gasteiger partial charge in [-0.2, -0.15) is 0 Å². The number of methoxy groups -OCH3 is 2. The second-order valence-electron chi connectivity index (χ2n) is 20.9. The minimum atomic E-state index is -1.65. The van der Waals surface area contributed by atoms with E-state index in [2.05, 4.69) is 39.1 Å². The van der Waals surface area contributed by atoms with Crippen LogP contribution < -0.4 is 39.8 Å². The highest BCUT2D eigenvalue weighted by Gasteiger charge is 2.46.